The topological polar surface area (TPSA) is 109 Å². The minimum atomic E-state index is -3.64. The third-order valence-electron chi connectivity index (χ3n) is 4.62. The zero-order chi connectivity index (χ0) is 19.3. The molecule has 0 aliphatic carbocycles. The van der Waals surface area contributed by atoms with E-state index in [2.05, 4.69) is 5.32 Å². The maximum atomic E-state index is 12.7. The van der Waals surface area contributed by atoms with Gasteiger partial charge in [0.05, 0.1) is 0 Å². The molecule has 1 aliphatic rings. The summed E-state index contributed by atoms with van der Waals surface area (Å²) < 4.78 is 28.3. The van der Waals surface area contributed by atoms with Gasteiger partial charge in [-0.15, -0.1) is 0 Å². The molecule has 2 N–H and O–H groups in total. The lowest BCUT2D eigenvalue weighted by Crippen LogP contribution is -2.41. The molecule has 2 rings (SSSR count). The average Bonchev–Trinajstić information content (AvgIpc) is 3.01. The van der Waals surface area contributed by atoms with Crippen molar-refractivity contribution in [3.05, 3.63) is 18.0 Å². The lowest BCUT2D eigenvalue weighted by molar-refractivity contribution is -0.139. The quantitative estimate of drug-likeness (QED) is 0.706. The first-order valence-electron chi connectivity index (χ1n) is 8.97. The highest BCUT2D eigenvalue weighted by Gasteiger charge is 2.29. The Morgan fingerprint density at radius 3 is 2.50 bits per heavy atom. The van der Waals surface area contributed by atoms with Crippen LogP contribution in [0.15, 0.2) is 17.2 Å². The SMILES string of the molecule is CCCCC(NC(=O)c1cc(S(=O)(=O)N2CCCCC2)cn1C)C(=O)O. The largest absolute Gasteiger partial charge is 0.480 e. The second-order valence-electron chi connectivity index (χ2n) is 6.64. The fourth-order valence-corrected chi connectivity index (χ4v) is 4.64. The van der Waals surface area contributed by atoms with E-state index >= 15 is 0 Å². The van der Waals surface area contributed by atoms with E-state index in [4.69, 9.17) is 0 Å². The molecule has 8 nitrogen and oxygen atoms in total. The molecule has 2 heterocycles. The van der Waals surface area contributed by atoms with Crippen molar-refractivity contribution < 1.29 is 23.1 Å². The van der Waals surface area contributed by atoms with Crippen molar-refractivity contribution in [1.29, 1.82) is 0 Å². The van der Waals surface area contributed by atoms with Gasteiger partial charge >= 0.3 is 5.97 Å². The summed E-state index contributed by atoms with van der Waals surface area (Å²) >= 11 is 0. The summed E-state index contributed by atoms with van der Waals surface area (Å²) in [7, 11) is -2.06. The molecule has 0 saturated carbocycles. The molecule has 146 valence electrons. The van der Waals surface area contributed by atoms with Crippen molar-refractivity contribution in [2.75, 3.05) is 13.1 Å². The Morgan fingerprint density at radius 1 is 1.27 bits per heavy atom. The molecule has 26 heavy (non-hydrogen) atoms. The molecule has 1 aliphatic heterocycles. The van der Waals surface area contributed by atoms with Crippen molar-refractivity contribution in [3.63, 3.8) is 0 Å². The highest BCUT2D eigenvalue weighted by Crippen LogP contribution is 2.22. The number of nitrogens with one attached hydrogen (secondary N) is 1. The molecular weight excluding hydrogens is 358 g/mol. The van der Waals surface area contributed by atoms with Crippen molar-refractivity contribution in [3.8, 4) is 0 Å². The molecule has 1 atom stereocenters. The minimum Gasteiger partial charge on any atom is -0.480 e. The molecule has 1 aromatic rings. The molecule has 9 heteroatoms. The minimum absolute atomic E-state index is 0.0625. The standard InChI is InChI=1S/C17H27N3O5S/c1-3-4-8-14(17(22)23)18-16(21)15-11-13(12-19(15)2)26(24,25)20-9-6-5-7-10-20/h11-12,14H,3-10H2,1-2H3,(H,18,21)(H,22,23). The van der Waals surface area contributed by atoms with E-state index in [0.717, 1.165) is 25.7 Å². The lowest BCUT2D eigenvalue weighted by Gasteiger charge is -2.25. The van der Waals surface area contributed by atoms with Crippen LogP contribution in [0.1, 0.15) is 55.9 Å². The van der Waals surface area contributed by atoms with Gasteiger partial charge in [0.25, 0.3) is 5.91 Å². The number of carboxylic acid groups (broad SMARTS) is 1. The summed E-state index contributed by atoms with van der Waals surface area (Å²) in [5.74, 6) is -1.68. The highest BCUT2D eigenvalue weighted by molar-refractivity contribution is 7.89. The van der Waals surface area contributed by atoms with Crippen molar-refractivity contribution in [1.82, 2.24) is 14.2 Å². The number of aliphatic carboxylic acids is 1. The molecule has 1 saturated heterocycles. The van der Waals surface area contributed by atoms with Crippen LogP contribution in [0.4, 0.5) is 0 Å². The van der Waals surface area contributed by atoms with Gasteiger partial charge in [-0.1, -0.05) is 26.2 Å². The molecule has 1 aromatic heterocycles. The predicted octanol–water partition coefficient (Wildman–Crippen LogP) is 1.57. The Hall–Kier alpha value is -1.87. The maximum Gasteiger partial charge on any atom is 0.326 e. The van der Waals surface area contributed by atoms with Crippen LogP contribution in [-0.4, -0.2) is 53.4 Å². The zero-order valence-corrected chi connectivity index (χ0v) is 16.1. The van der Waals surface area contributed by atoms with Crippen molar-refractivity contribution in [2.45, 2.75) is 56.4 Å². The number of nitrogens with zero attached hydrogens (tertiary/aromatic N) is 2. The van der Waals surface area contributed by atoms with Gasteiger partial charge in [0.15, 0.2) is 0 Å². The highest BCUT2D eigenvalue weighted by atomic mass is 32.2. The van der Waals surface area contributed by atoms with E-state index in [1.165, 1.54) is 21.1 Å². The smallest absolute Gasteiger partial charge is 0.326 e. The fraction of sp³-hybridized carbons (Fsp3) is 0.647. The summed E-state index contributed by atoms with van der Waals surface area (Å²) in [6.45, 7) is 2.91. The summed E-state index contributed by atoms with van der Waals surface area (Å²) in [6, 6.07) is 0.331. The summed E-state index contributed by atoms with van der Waals surface area (Å²) in [4.78, 5) is 23.8. The molecule has 1 fully saturated rings. The van der Waals surface area contributed by atoms with Crippen molar-refractivity contribution >= 4 is 21.9 Å². The number of aryl methyl sites for hydroxylation is 1. The van der Waals surface area contributed by atoms with Gasteiger partial charge in [-0.25, -0.2) is 13.2 Å². The van der Waals surface area contributed by atoms with E-state index in [1.54, 1.807) is 7.05 Å². The van der Waals surface area contributed by atoms with Crippen LogP contribution in [0.5, 0.6) is 0 Å². The number of sulfonamides is 1. The predicted molar refractivity (Wildman–Crippen MR) is 96.4 cm³/mol. The number of piperidine rings is 1. The van der Waals surface area contributed by atoms with Crippen LogP contribution < -0.4 is 5.32 Å². The van der Waals surface area contributed by atoms with Gasteiger partial charge in [0.1, 0.15) is 16.6 Å². The van der Waals surface area contributed by atoms with E-state index < -0.39 is 27.9 Å². The number of amides is 1. The molecule has 0 radical (unpaired) electrons. The number of carbonyl (C=O) groups is 2. The molecule has 0 spiro atoms. The van der Waals surface area contributed by atoms with E-state index in [-0.39, 0.29) is 10.6 Å². The molecule has 0 aromatic carbocycles. The van der Waals surface area contributed by atoms with Crippen LogP contribution in [0.25, 0.3) is 0 Å². The van der Waals surface area contributed by atoms with Gasteiger partial charge in [-0.05, 0) is 25.3 Å². The Labute approximate surface area is 154 Å². The number of unbranched alkanes of at least 4 members (excludes halogenated alkanes) is 1. The van der Waals surface area contributed by atoms with Crippen LogP contribution in [-0.2, 0) is 21.9 Å². The van der Waals surface area contributed by atoms with Crippen LogP contribution in [0, 0.1) is 0 Å². The third kappa shape index (κ3) is 4.64. The van der Waals surface area contributed by atoms with Crippen LogP contribution in [0.3, 0.4) is 0 Å². The average molecular weight is 385 g/mol. The second kappa shape index (κ2) is 8.68. The summed E-state index contributed by atoms with van der Waals surface area (Å²) in [5.41, 5.74) is 0.128. The van der Waals surface area contributed by atoms with Crippen LogP contribution in [0.2, 0.25) is 0 Å². The summed E-state index contributed by atoms with van der Waals surface area (Å²) in [6.07, 6.45) is 5.92. The molecular formula is C17H27N3O5S. The van der Waals surface area contributed by atoms with Gasteiger partial charge in [-0.2, -0.15) is 4.31 Å². The Balaban J connectivity index is 2.18. The van der Waals surface area contributed by atoms with Crippen molar-refractivity contribution in [2.24, 2.45) is 7.05 Å². The van der Waals surface area contributed by atoms with Gasteiger partial charge < -0.3 is 15.0 Å². The number of carbonyl (C=O) groups excluding carboxylic acids is 1. The van der Waals surface area contributed by atoms with Crippen LogP contribution >= 0.6 is 0 Å². The third-order valence-corrected chi connectivity index (χ3v) is 6.48. The first kappa shape index (κ1) is 20.4. The molecule has 0 bridgehead atoms. The van der Waals surface area contributed by atoms with E-state index in [9.17, 15) is 23.1 Å². The zero-order valence-electron chi connectivity index (χ0n) is 15.3. The fourth-order valence-electron chi connectivity index (χ4n) is 3.05. The number of aromatic nitrogens is 1. The number of hydrogen-bond acceptors (Lipinski definition) is 4. The maximum absolute atomic E-state index is 12.7. The number of rotatable bonds is 8. The number of hydrogen-bond donors (Lipinski definition) is 2. The van der Waals surface area contributed by atoms with Gasteiger partial charge in [-0.3, -0.25) is 4.79 Å². The van der Waals surface area contributed by atoms with Gasteiger partial charge in [0, 0.05) is 26.3 Å². The Kier molecular flexibility index (Phi) is 6.82. The first-order valence-corrected chi connectivity index (χ1v) is 10.4. The second-order valence-corrected chi connectivity index (χ2v) is 8.58. The summed E-state index contributed by atoms with van der Waals surface area (Å²) in [5, 5.41) is 11.7. The Bertz CT molecular complexity index is 750. The Morgan fingerprint density at radius 2 is 1.92 bits per heavy atom. The van der Waals surface area contributed by atoms with Gasteiger partial charge in [0.2, 0.25) is 10.0 Å². The lowest BCUT2D eigenvalue weighted by atomic mass is 10.1. The van der Waals surface area contributed by atoms with E-state index in [0.29, 0.717) is 25.9 Å². The monoisotopic (exact) mass is 385 g/mol. The first-order chi connectivity index (χ1) is 12.3. The number of carboxylic acids is 1. The van der Waals surface area contributed by atoms with E-state index in [1.807, 2.05) is 6.92 Å². The normalized spacial score (nSPS) is 17.0. The molecule has 1 unspecified atom stereocenters. The molecule has 1 amide bonds.